The summed E-state index contributed by atoms with van der Waals surface area (Å²) in [5, 5.41) is 3.94. The monoisotopic (exact) mass is 447 g/mol. The summed E-state index contributed by atoms with van der Waals surface area (Å²) in [5.41, 5.74) is 2.59. The number of aromatic nitrogens is 3. The molecule has 1 aliphatic heterocycles. The van der Waals surface area contributed by atoms with Gasteiger partial charge in [-0.15, -0.1) is 11.3 Å². The lowest BCUT2D eigenvalue weighted by molar-refractivity contribution is -0.117. The molecule has 2 aromatic heterocycles. The molecule has 0 aliphatic carbocycles. The van der Waals surface area contributed by atoms with Crippen LogP contribution in [0.1, 0.15) is 29.6 Å². The Bertz CT molecular complexity index is 1300. The average Bonchev–Trinajstić information content (AvgIpc) is 3.48. The number of anilines is 1. The van der Waals surface area contributed by atoms with E-state index in [1.165, 1.54) is 4.70 Å². The molecule has 1 fully saturated rings. The van der Waals surface area contributed by atoms with Gasteiger partial charge in [-0.05, 0) is 50.6 Å². The van der Waals surface area contributed by atoms with E-state index in [0.717, 1.165) is 41.3 Å². The molecular formula is C24H25N5O2S. The molecule has 32 heavy (non-hydrogen) atoms. The molecule has 4 aromatic rings. The molecule has 5 rings (SSSR count). The number of rotatable bonds is 5. The van der Waals surface area contributed by atoms with Crippen molar-refractivity contribution in [2.75, 3.05) is 18.4 Å². The zero-order valence-corrected chi connectivity index (χ0v) is 18.9. The predicted molar refractivity (Wildman–Crippen MR) is 128 cm³/mol. The van der Waals surface area contributed by atoms with Crippen LogP contribution in [0.3, 0.4) is 0 Å². The molecule has 164 valence electrons. The van der Waals surface area contributed by atoms with Gasteiger partial charge in [-0.3, -0.25) is 19.2 Å². The molecule has 1 N–H and O–H groups in total. The van der Waals surface area contributed by atoms with Gasteiger partial charge in [0.05, 0.1) is 34.2 Å². The van der Waals surface area contributed by atoms with Gasteiger partial charge in [0, 0.05) is 7.05 Å². The van der Waals surface area contributed by atoms with Gasteiger partial charge in [0.25, 0.3) is 5.56 Å². The average molecular weight is 448 g/mol. The van der Waals surface area contributed by atoms with Crippen LogP contribution in [0.2, 0.25) is 0 Å². The van der Waals surface area contributed by atoms with Crippen LogP contribution in [-0.2, 0) is 11.8 Å². The van der Waals surface area contributed by atoms with Gasteiger partial charge < -0.3 is 5.32 Å². The number of para-hydroxylation sites is 2. The van der Waals surface area contributed by atoms with Crippen LogP contribution in [-0.4, -0.2) is 38.2 Å². The molecule has 1 amide bonds. The van der Waals surface area contributed by atoms with Crippen molar-refractivity contribution in [2.24, 2.45) is 7.05 Å². The Labute approximate surface area is 189 Å². The number of hydrogen-bond donors (Lipinski definition) is 1. The molecule has 0 saturated carbocycles. The van der Waals surface area contributed by atoms with Gasteiger partial charge in [-0.1, -0.05) is 30.3 Å². The second kappa shape index (κ2) is 8.37. The molecule has 0 spiro atoms. The lowest BCUT2D eigenvalue weighted by atomic mass is 10.2. The Kier molecular flexibility index (Phi) is 5.40. The second-order valence-electron chi connectivity index (χ2n) is 8.13. The van der Waals surface area contributed by atoms with Gasteiger partial charge in [-0.2, -0.15) is 0 Å². The molecule has 0 unspecified atom stereocenters. The van der Waals surface area contributed by atoms with Gasteiger partial charge in [-0.25, -0.2) is 9.67 Å². The van der Waals surface area contributed by atoms with Crippen LogP contribution in [0.25, 0.3) is 15.9 Å². The predicted octanol–water partition coefficient (Wildman–Crippen LogP) is 3.87. The molecule has 0 bridgehead atoms. The summed E-state index contributed by atoms with van der Waals surface area (Å²) in [6.07, 6.45) is 2.01. The molecule has 0 radical (unpaired) electrons. The molecule has 7 nitrogen and oxygen atoms in total. The number of likely N-dealkylation sites (tertiary alicyclic amines) is 1. The topological polar surface area (TPSA) is 72.2 Å². The lowest BCUT2D eigenvalue weighted by Crippen LogP contribution is -2.34. The summed E-state index contributed by atoms with van der Waals surface area (Å²) in [4.78, 5) is 33.0. The number of hydrogen-bond acceptors (Lipinski definition) is 5. The molecule has 1 saturated heterocycles. The van der Waals surface area contributed by atoms with Crippen molar-refractivity contribution < 1.29 is 4.79 Å². The fourth-order valence-corrected chi connectivity index (χ4v) is 5.54. The van der Waals surface area contributed by atoms with Gasteiger partial charge in [0.2, 0.25) is 5.91 Å². The van der Waals surface area contributed by atoms with Crippen LogP contribution in [0.15, 0.2) is 59.4 Å². The highest BCUT2D eigenvalue weighted by atomic mass is 32.1. The van der Waals surface area contributed by atoms with E-state index >= 15 is 0 Å². The fraction of sp³-hybridized carbons (Fsp3) is 0.292. The van der Waals surface area contributed by atoms with Crippen LogP contribution in [0.5, 0.6) is 0 Å². The van der Waals surface area contributed by atoms with Crippen LogP contribution < -0.4 is 10.9 Å². The zero-order valence-electron chi connectivity index (χ0n) is 18.1. The Hall–Kier alpha value is -3.23. The number of fused-ring (bicyclic) bond motifs is 1. The van der Waals surface area contributed by atoms with Crippen molar-refractivity contribution in [1.29, 1.82) is 0 Å². The van der Waals surface area contributed by atoms with Crippen LogP contribution in [0.4, 0.5) is 5.69 Å². The highest BCUT2D eigenvalue weighted by Gasteiger charge is 2.30. The molecule has 8 heteroatoms. The van der Waals surface area contributed by atoms with Crippen molar-refractivity contribution in [1.82, 2.24) is 19.2 Å². The first-order valence-corrected chi connectivity index (χ1v) is 11.6. The molecule has 2 aromatic carbocycles. The fourth-order valence-electron chi connectivity index (χ4n) is 4.40. The summed E-state index contributed by atoms with van der Waals surface area (Å²) in [6.45, 7) is 2.92. The van der Waals surface area contributed by atoms with E-state index in [1.807, 2.05) is 62.5 Å². The second-order valence-corrected chi connectivity index (χ2v) is 9.20. The maximum Gasteiger partial charge on any atom is 0.295 e. The molecule has 1 atom stereocenters. The minimum atomic E-state index is -0.228. The number of nitrogens with zero attached hydrogens (tertiary/aromatic N) is 4. The van der Waals surface area contributed by atoms with Crippen molar-refractivity contribution in [3.63, 3.8) is 0 Å². The third kappa shape index (κ3) is 3.65. The molecule has 3 heterocycles. The third-order valence-electron chi connectivity index (χ3n) is 6.12. The first-order valence-electron chi connectivity index (χ1n) is 10.8. The van der Waals surface area contributed by atoms with Gasteiger partial charge >= 0.3 is 0 Å². The maximum atomic E-state index is 13.1. The largest absolute Gasteiger partial charge is 0.319 e. The molecule has 1 aliphatic rings. The SMILES string of the molecule is Cc1c(NC(=O)CN2CCC[C@@H]2c2nc3ccccc3s2)c(=O)n(-c2ccccc2)n1C. The Morgan fingerprint density at radius 2 is 1.91 bits per heavy atom. The van der Waals surface area contributed by atoms with E-state index in [2.05, 4.69) is 16.3 Å². The standard InChI is InChI=1S/C24H25N5O2S/c1-16-22(24(31)29(27(16)2)17-9-4-3-5-10-17)26-21(30)15-28-14-8-12-19(28)23-25-18-11-6-7-13-20(18)32-23/h3-7,9-11,13,19H,8,12,14-15H2,1-2H3,(H,26,30)/t19-/m1/s1. The van der Waals surface area contributed by atoms with E-state index in [-0.39, 0.29) is 24.1 Å². The van der Waals surface area contributed by atoms with Crippen molar-refractivity contribution in [3.05, 3.63) is 75.7 Å². The summed E-state index contributed by atoms with van der Waals surface area (Å²) in [5.74, 6) is -0.177. The number of carbonyl (C=O) groups is 1. The minimum absolute atomic E-state index is 0.135. The summed E-state index contributed by atoms with van der Waals surface area (Å²) in [7, 11) is 1.82. The Balaban J connectivity index is 1.35. The van der Waals surface area contributed by atoms with E-state index in [4.69, 9.17) is 4.98 Å². The normalized spacial score (nSPS) is 16.6. The van der Waals surface area contributed by atoms with Crippen molar-refractivity contribution in [2.45, 2.75) is 25.8 Å². The lowest BCUT2D eigenvalue weighted by Gasteiger charge is -2.21. The van der Waals surface area contributed by atoms with Gasteiger partial charge in [0.15, 0.2) is 0 Å². The highest BCUT2D eigenvalue weighted by Crippen LogP contribution is 2.36. The zero-order chi connectivity index (χ0) is 22.2. The third-order valence-corrected chi connectivity index (χ3v) is 7.26. The van der Waals surface area contributed by atoms with Crippen molar-refractivity contribution in [3.8, 4) is 5.69 Å². The highest BCUT2D eigenvalue weighted by molar-refractivity contribution is 7.18. The van der Waals surface area contributed by atoms with E-state index in [0.29, 0.717) is 5.69 Å². The maximum absolute atomic E-state index is 13.1. The van der Waals surface area contributed by atoms with E-state index in [9.17, 15) is 9.59 Å². The molecular weight excluding hydrogens is 422 g/mol. The summed E-state index contributed by atoms with van der Waals surface area (Å²) < 4.78 is 4.51. The van der Waals surface area contributed by atoms with Crippen molar-refractivity contribution >= 4 is 33.1 Å². The first kappa shape index (κ1) is 20.7. The Morgan fingerprint density at radius 3 is 2.69 bits per heavy atom. The quantitative estimate of drug-likeness (QED) is 0.504. The number of nitrogens with one attached hydrogen (secondary N) is 1. The minimum Gasteiger partial charge on any atom is -0.319 e. The summed E-state index contributed by atoms with van der Waals surface area (Å²) in [6, 6.07) is 17.7. The van der Waals surface area contributed by atoms with Crippen LogP contribution >= 0.6 is 11.3 Å². The van der Waals surface area contributed by atoms with E-state index in [1.54, 1.807) is 20.7 Å². The Morgan fingerprint density at radius 1 is 1.16 bits per heavy atom. The van der Waals surface area contributed by atoms with E-state index < -0.39 is 0 Å². The van der Waals surface area contributed by atoms with Gasteiger partial charge in [0.1, 0.15) is 10.7 Å². The number of thiazole rings is 1. The number of carbonyl (C=O) groups excluding carboxylic acids is 1. The van der Waals surface area contributed by atoms with Crippen LogP contribution in [0, 0.1) is 6.92 Å². The first-order chi connectivity index (χ1) is 15.5. The number of benzene rings is 2. The summed E-state index contributed by atoms with van der Waals surface area (Å²) >= 11 is 1.70. The number of amides is 1. The smallest absolute Gasteiger partial charge is 0.295 e.